The second-order valence-electron chi connectivity index (χ2n) is 13.0. The minimum absolute atomic E-state index is 0.0539. The summed E-state index contributed by atoms with van der Waals surface area (Å²) < 4.78 is 0. The average molecular weight is 589 g/mol. The summed E-state index contributed by atoms with van der Waals surface area (Å²) in [5, 5.41) is 0. The van der Waals surface area contributed by atoms with Crippen LogP contribution in [0.15, 0.2) is 152 Å². The lowest BCUT2D eigenvalue weighted by Gasteiger charge is -2.23. The molecule has 0 fully saturated rings. The maximum absolute atomic E-state index is 5.13. The van der Waals surface area contributed by atoms with Crippen LogP contribution in [0.4, 0.5) is 0 Å². The Bertz CT molecular complexity index is 2220. The lowest BCUT2D eigenvalue weighted by Crippen LogP contribution is -2.15. The van der Waals surface area contributed by atoms with Gasteiger partial charge in [-0.15, -0.1) is 0 Å². The summed E-state index contributed by atoms with van der Waals surface area (Å²) in [6, 6.07) is 54.6. The van der Waals surface area contributed by atoms with Gasteiger partial charge in [-0.05, 0) is 68.3 Å². The number of aromatic nitrogens is 2. The fourth-order valence-corrected chi connectivity index (χ4v) is 7.70. The second kappa shape index (κ2) is 10.2. The van der Waals surface area contributed by atoms with E-state index in [-0.39, 0.29) is 11.3 Å². The van der Waals surface area contributed by atoms with E-state index >= 15 is 0 Å². The van der Waals surface area contributed by atoms with Crippen molar-refractivity contribution in [1.82, 2.24) is 9.97 Å². The highest BCUT2D eigenvalue weighted by Gasteiger charge is 2.39. The van der Waals surface area contributed by atoms with Gasteiger partial charge in [0, 0.05) is 28.0 Å². The number of hydrogen-bond acceptors (Lipinski definition) is 2. The van der Waals surface area contributed by atoms with Gasteiger partial charge in [0.1, 0.15) is 0 Å². The quantitative estimate of drug-likeness (QED) is 0.204. The molecule has 0 saturated carbocycles. The van der Waals surface area contributed by atoms with Gasteiger partial charge in [0.15, 0.2) is 5.82 Å². The van der Waals surface area contributed by atoms with Crippen LogP contribution in [0, 0.1) is 0 Å². The Balaban J connectivity index is 1.21. The van der Waals surface area contributed by atoms with Crippen LogP contribution in [0.2, 0.25) is 0 Å². The molecule has 1 atom stereocenters. The Morgan fingerprint density at radius 1 is 0.435 bits per heavy atom. The van der Waals surface area contributed by atoms with E-state index in [4.69, 9.17) is 9.97 Å². The molecule has 0 saturated heterocycles. The van der Waals surface area contributed by atoms with Crippen molar-refractivity contribution < 1.29 is 0 Å². The molecule has 2 heteroatoms. The molecular formula is C44H32N2. The molecule has 9 rings (SSSR count). The van der Waals surface area contributed by atoms with Crippen LogP contribution < -0.4 is 0 Å². The molecule has 0 N–H and O–H groups in total. The van der Waals surface area contributed by atoms with Gasteiger partial charge in [0.25, 0.3) is 0 Å². The van der Waals surface area contributed by atoms with Crippen molar-refractivity contribution in [2.45, 2.75) is 25.2 Å². The summed E-state index contributed by atoms with van der Waals surface area (Å²) in [5.74, 6) is 0.862. The van der Waals surface area contributed by atoms with Crippen molar-refractivity contribution in [3.63, 3.8) is 0 Å². The SMILES string of the molecule is CC1(C)c2ccccc2-c2cc3c(cc21)C(c1cccc(-c2nc(-c4ccccc4)cc(-c4ccccc4)n2)c1)c1ccccc1-3. The lowest BCUT2D eigenvalue weighted by atomic mass is 9.80. The first-order chi connectivity index (χ1) is 22.6. The molecule has 0 spiro atoms. The van der Waals surface area contributed by atoms with Crippen LogP contribution in [-0.4, -0.2) is 9.97 Å². The van der Waals surface area contributed by atoms with Crippen molar-refractivity contribution in [3.8, 4) is 56.2 Å². The fourth-order valence-electron chi connectivity index (χ4n) is 7.70. The third-order valence-corrected chi connectivity index (χ3v) is 9.97. The first-order valence-electron chi connectivity index (χ1n) is 16.0. The van der Waals surface area contributed by atoms with Gasteiger partial charge in [-0.25, -0.2) is 9.97 Å². The molecule has 0 amide bonds. The molecular weight excluding hydrogens is 556 g/mol. The summed E-state index contributed by atoms with van der Waals surface area (Å²) in [4.78, 5) is 10.3. The van der Waals surface area contributed by atoms with Crippen molar-refractivity contribution in [2.24, 2.45) is 0 Å². The first-order valence-corrected chi connectivity index (χ1v) is 16.0. The van der Waals surface area contributed by atoms with E-state index in [2.05, 4.69) is 153 Å². The molecule has 1 unspecified atom stereocenters. The van der Waals surface area contributed by atoms with Crippen molar-refractivity contribution >= 4 is 0 Å². The standard InChI is InChI=1S/C44H32N2/c1-44(2)38-23-12-11-21-33(38)36-25-35-32-20-9-10-22-34(32)42(37(35)26-39(36)44)30-18-13-19-31(24-30)43-45-40(28-14-5-3-6-15-28)27-41(46-43)29-16-7-4-8-17-29/h3-27,42H,1-2H3. The van der Waals surface area contributed by atoms with Crippen LogP contribution in [0.3, 0.4) is 0 Å². The fraction of sp³-hybridized carbons (Fsp3) is 0.0909. The molecule has 2 aliphatic rings. The van der Waals surface area contributed by atoms with Gasteiger partial charge in [0.2, 0.25) is 0 Å². The predicted octanol–water partition coefficient (Wildman–Crippen LogP) is 10.9. The molecule has 218 valence electrons. The van der Waals surface area contributed by atoms with Crippen molar-refractivity contribution in [3.05, 3.63) is 179 Å². The molecule has 2 nitrogen and oxygen atoms in total. The van der Waals surface area contributed by atoms with Gasteiger partial charge >= 0.3 is 0 Å². The van der Waals surface area contributed by atoms with Gasteiger partial charge in [0.05, 0.1) is 11.4 Å². The molecule has 0 aliphatic heterocycles. The van der Waals surface area contributed by atoms with E-state index < -0.39 is 0 Å². The van der Waals surface area contributed by atoms with Crippen molar-refractivity contribution in [2.75, 3.05) is 0 Å². The molecule has 1 heterocycles. The number of benzene rings is 6. The number of rotatable bonds is 4. The van der Waals surface area contributed by atoms with Crippen molar-refractivity contribution in [1.29, 1.82) is 0 Å². The second-order valence-corrected chi connectivity index (χ2v) is 13.0. The minimum Gasteiger partial charge on any atom is -0.228 e. The summed E-state index contributed by atoms with van der Waals surface area (Å²) in [6.45, 7) is 4.73. The molecule has 46 heavy (non-hydrogen) atoms. The van der Waals surface area contributed by atoms with Crippen LogP contribution in [-0.2, 0) is 5.41 Å². The predicted molar refractivity (Wildman–Crippen MR) is 189 cm³/mol. The van der Waals surface area contributed by atoms with E-state index in [1.807, 2.05) is 12.1 Å². The highest BCUT2D eigenvalue weighted by molar-refractivity contribution is 5.90. The highest BCUT2D eigenvalue weighted by atomic mass is 14.9. The topological polar surface area (TPSA) is 25.8 Å². The number of fused-ring (bicyclic) bond motifs is 6. The van der Waals surface area contributed by atoms with Gasteiger partial charge in [-0.2, -0.15) is 0 Å². The van der Waals surface area contributed by atoms with E-state index in [0.29, 0.717) is 0 Å². The van der Waals surface area contributed by atoms with Crippen LogP contribution in [0.1, 0.15) is 47.6 Å². The van der Waals surface area contributed by atoms with Crippen LogP contribution in [0.25, 0.3) is 56.2 Å². The summed E-state index contributed by atoms with van der Waals surface area (Å²) in [7, 11) is 0. The third-order valence-electron chi connectivity index (χ3n) is 9.97. The maximum Gasteiger partial charge on any atom is 0.160 e. The van der Waals surface area contributed by atoms with E-state index in [0.717, 1.165) is 33.9 Å². The Hall–Kier alpha value is -5.60. The van der Waals surface area contributed by atoms with Gasteiger partial charge in [-0.3, -0.25) is 0 Å². The molecule has 0 bridgehead atoms. The molecule has 0 radical (unpaired) electrons. The van der Waals surface area contributed by atoms with Gasteiger partial charge < -0.3 is 0 Å². The summed E-state index contributed by atoms with van der Waals surface area (Å²) in [6.07, 6.45) is 0. The minimum atomic E-state index is -0.0539. The van der Waals surface area contributed by atoms with E-state index in [1.165, 1.54) is 50.1 Å². The zero-order valence-electron chi connectivity index (χ0n) is 25.9. The van der Waals surface area contributed by atoms with Gasteiger partial charge in [-0.1, -0.05) is 147 Å². The lowest BCUT2D eigenvalue weighted by molar-refractivity contribution is 0.659. The largest absolute Gasteiger partial charge is 0.228 e. The highest BCUT2D eigenvalue weighted by Crippen LogP contribution is 2.55. The Labute approximate surface area is 270 Å². The zero-order valence-corrected chi connectivity index (χ0v) is 25.9. The van der Waals surface area contributed by atoms with E-state index in [1.54, 1.807) is 0 Å². The molecule has 6 aromatic carbocycles. The number of hydrogen-bond donors (Lipinski definition) is 0. The van der Waals surface area contributed by atoms with Crippen LogP contribution >= 0.6 is 0 Å². The molecule has 1 aromatic heterocycles. The number of nitrogens with zero attached hydrogens (tertiary/aromatic N) is 2. The summed E-state index contributed by atoms with van der Waals surface area (Å²) >= 11 is 0. The van der Waals surface area contributed by atoms with E-state index in [9.17, 15) is 0 Å². The summed E-state index contributed by atoms with van der Waals surface area (Å²) in [5.41, 5.74) is 17.2. The molecule has 2 aliphatic carbocycles. The zero-order chi connectivity index (χ0) is 30.8. The maximum atomic E-state index is 5.13. The average Bonchev–Trinajstić information content (AvgIpc) is 3.56. The Morgan fingerprint density at radius 2 is 1.04 bits per heavy atom. The van der Waals surface area contributed by atoms with Crippen LogP contribution in [0.5, 0.6) is 0 Å². The first kappa shape index (κ1) is 26.8. The Kier molecular flexibility index (Phi) is 5.95. The monoisotopic (exact) mass is 588 g/mol. The normalized spacial score (nSPS) is 15.1. The Morgan fingerprint density at radius 3 is 1.76 bits per heavy atom. The molecule has 7 aromatic rings. The third kappa shape index (κ3) is 4.10. The smallest absolute Gasteiger partial charge is 0.160 e.